The smallest absolute Gasteiger partial charge is 0.237 e. The Kier molecular flexibility index (Phi) is 5.26. The molecule has 1 aromatic heterocycles. The highest BCUT2D eigenvalue weighted by Gasteiger charge is 2.06. The number of anilines is 1. The van der Waals surface area contributed by atoms with Crippen molar-refractivity contribution in [1.82, 2.24) is 4.98 Å². The molecule has 1 aromatic carbocycles. The molecule has 2 aromatic rings. The Balaban J connectivity index is 2.09. The number of benzene rings is 1. The van der Waals surface area contributed by atoms with Gasteiger partial charge in [-0.3, -0.25) is 0 Å². The van der Waals surface area contributed by atoms with E-state index in [1.54, 1.807) is 20.4 Å². The summed E-state index contributed by atoms with van der Waals surface area (Å²) in [6.07, 6.45) is 1.71. The van der Waals surface area contributed by atoms with E-state index in [0.29, 0.717) is 24.8 Å². The summed E-state index contributed by atoms with van der Waals surface area (Å²) in [7, 11) is 3.25. The second-order valence-electron chi connectivity index (χ2n) is 4.33. The maximum Gasteiger partial charge on any atom is 0.237 e. The van der Waals surface area contributed by atoms with Gasteiger partial charge in [-0.2, -0.15) is 0 Å². The molecule has 0 unspecified atom stereocenters. The van der Waals surface area contributed by atoms with Crippen LogP contribution in [0.1, 0.15) is 12.5 Å². The predicted octanol–water partition coefficient (Wildman–Crippen LogP) is 3.11. The third-order valence-electron chi connectivity index (χ3n) is 2.98. The second kappa shape index (κ2) is 7.38. The molecule has 5 nitrogen and oxygen atoms in total. The molecule has 0 fully saturated rings. The molecule has 112 valence electrons. The van der Waals surface area contributed by atoms with E-state index in [2.05, 4.69) is 10.3 Å². The first kappa shape index (κ1) is 15.0. The fourth-order valence-corrected chi connectivity index (χ4v) is 1.96. The molecule has 0 amide bonds. The van der Waals surface area contributed by atoms with Crippen LogP contribution in [0.25, 0.3) is 0 Å². The van der Waals surface area contributed by atoms with Crippen LogP contribution in [0.4, 0.5) is 5.69 Å². The average molecular weight is 288 g/mol. The summed E-state index contributed by atoms with van der Waals surface area (Å²) in [6, 6.07) is 9.65. The Morgan fingerprint density at radius 3 is 2.62 bits per heavy atom. The Morgan fingerprint density at radius 1 is 1.10 bits per heavy atom. The van der Waals surface area contributed by atoms with Crippen molar-refractivity contribution in [1.29, 1.82) is 0 Å². The normalized spacial score (nSPS) is 10.0. The highest BCUT2D eigenvalue weighted by Crippen LogP contribution is 2.28. The Labute approximate surface area is 124 Å². The first-order valence-electron chi connectivity index (χ1n) is 6.81. The molecule has 2 rings (SSSR count). The van der Waals surface area contributed by atoms with Gasteiger partial charge in [-0.15, -0.1) is 0 Å². The summed E-state index contributed by atoms with van der Waals surface area (Å²) in [5, 5.41) is 3.32. The lowest BCUT2D eigenvalue weighted by atomic mass is 10.2. The largest absolute Gasteiger partial charge is 0.493 e. The number of ether oxygens (including phenoxy) is 3. The molecule has 0 aliphatic carbocycles. The summed E-state index contributed by atoms with van der Waals surface area (Å²) < 4.78 is 16.0. The van der Waals surface area contributed by atoms with Crippen LogP contribution in [0.15, 0.2) is 36.5 Å². The molecular formula is C16H20N2O3. The molecule has 0 radical (unpaired) electrons. The van der Waals surface area contributed by atoms with Gasteiger partial charge >= 0.3 is 0 Å². The number of rotatable bonds is 7. The molecule has 5 heteroatoms. The van der Waals surface area contributed by atoms with Gasteiger partial charge in [0.05, 0.1) is 26.5 Å². The van der Waals surface area contributed by atoms with E-state index in [9.17, 15) is 0 Å². The first-order valence-corrected chi connectivity index (χ1v) is 6.81. The zero-order valence-electron chi connectivity index (χ0n) is 12.6. The van der Waals surface area contributed by atoms with Crippen LogP contribution in [-0.4, -0.2) is 25.8 Å². The summed E-state index contributed by atoms with van der Waals surface area (Å²) >= 11 is 0. The number of nitrogens with zero attached hydrogens (tertiary/aromatic N) is 1. The third-order valence-corrected chi connectivity index (χ3v) is 2.98. The molecule has 0 aliphatic rings. The third kappa shape index (κ3) is 3.78. The second-order valence-corrected chi connectivity index (χ2v) is 4.33. The van der Waals surface area contributed by atoms with Gasteiger partial charge in [0.25, 0.3) is 0 Å². The van der Waals surface area contributed by atoms with Gasteiger partial charge in [-0.05, 0) is 36.8 Å². The van der Waals surface area contributed by atoms with Gasteiger partial charge in [0.2, 0.25) is 5.88 Å². The fourth-order valence-electron chi connectivity index (χ4n) is 1.96. The lowest BCUT2D eigenvalue weighted by Gasteiger charge is -2.12. The van der Waals surface area contributed by atoms with Crippen LogP contribution in [0, 0.1) is 0 Å². The van der Waals surface area contributed by atoms with Crippen molar-refractivity contribution in [2.45, 2.75) is 13.5 Å². The van der Waals surface area contributed by atoms with E-state index in [-0.39, 0.29) is 0 Å². The SMILES string of the molecule is CCOc1ncccc1NCc1ccc(OC)c(OC)c1. The number of methoxy groups -OCH3 is 2. The van der Waals surface area contributed by atoms with Gasteiger partial charge in [0, 0.05) is 12.7 Å². The van der Waals surface area contributed by atoms with Crippen molar-refractivity contribution >= 4 is 5.69 Å². The Bertz CT molecular complexity index is 587. The molecule has 21 heavy (non-hydrogen) atoms. The summed E-state index contributed by atoms with van der Waals surface area (Å²) in [6.45, 7) is 3.17. The van der Waals surface area contributed by atoms with Crippen LogP contribution in [0.2, 0.25) is 0 Å². The minimum Gasteiger partial charge on any atom is -0.493 e. The minimum absolute atomic E-state index is 0.585. The van der Waals surface area contributed by atoms with Crippen molar-refractivity contribution < 1.29 is 14.2 Å². The first-order chi connectivity index (χ1) is 10.3. The number of hydrogen-bond acceptors (Lipinski definition) is 5. The van der Waals surface area contributed by atoms with Gasteiger partial charge in [0.15, 0.2) is 11.5 Å². The lowest BCUT2D eigenvalue weighted by Crippen LogP contribution is -2.04. The zero-order chi connectivity index (χ0) is 15.1. The average Bonchev–Trinajstić information content (AvgIpc) is 2.54. The van der Waals surface area contributed by atoms with Crippen molar-refractivity contribution in [3.8, 4) is 17.4 Å². The number of hydrogen-bond donors (Lipinski definition) is 1. The van der Waals surface area contributed by atoms with E-state index >= 15 is 0 Å². The van der Waals surface area contributed by atoms with Crippen molar-refractivity contribution in [2.24, 2.45) is 0 Å². The van der Waals surface area contributed by atoms with Gasteiger partial charge < -0.3 is 19.5 Å². The highest BCUT2D eigenvalue weighted by molar-refractivity contribution is 5.53. The maximum absolute atomic E-state index is 5.49. The van der Waals surface area contributed by atoms with Gasteiger partial charge in [-0.25, -0.2) is 4.98 Å². The molecule has 0 atom stereocenters. The summed E-state index contributed by atoms with van der Waals surface area (Å²) in [4.78, 5) is 4.21. The van der Waals surface area contributed by atoms with Crippen molar-refractivity contribution in [3.05, 3.63) is 42.1 Å². The van der Waals surface area contributed by atoms with Crippen LogP contribution in [0.3, 0.4) is 0 Å². The number of nitrogens with one attached hydrogen (secondary N) is 1. The number of aromatic nitrogens is 1. The quantitative estimate of drug-likeness (QED) is 0.848. The zero-order valence-corrected chi connectivity index (χ0v) is 12.6. The fraction of sp³-hybridized carbons (Fsp3) is 0.312. The van der Waals surface area contributed by atoms with E-state index < -0.39 is 0 Å². The van der Waals surface area contributed by atoms with Crippen molar-refractivity contribution in [3.63, 3.8) is 0 Å². The minimum atomic E-state index is 0.585. The van der Waals surface area contributed by atoms with Gasteiger partial charge in [0.1, 0.15) is 0 Å². The van der Waals surface area contributed by atoms with E-state index in [1.807, 2.05) is 37.3 Å². The summed E-state index contributed by atoms with van der Waals surface area (Å²) in [5.41, 5.74) is 1.95. The molecule has 1 heterocycles. The standard InChI is InChI=1S/C16H20N2O3/c1-4-21-16-13(6-5-9-17-16)18-11-12-7-8-14(19-2)15(10-12)20-3/h5-10,18H,4,11H2,1-3H3. The molecule has 0 saturated carbocycles. The Hall–Kier alpha value is -2.43. The van der Waals surface area contributed by atoms with Crippen LogP contribution in [0.5, 0.6) is 17.4 Å². The number of pyridine rings is 1. The monoisotopic (exact) mass is 288 g/mol. The van der Waals surface area contributed by atoms with Crippen LogP contribution >= 0.6 is 0 Å². The molecule has 0 bridgehead atoms. The molecule has 0 spiro atoms. The summed E-state index contributed by atoms with van der Waals surface area (Å²) in [5.74, 6) is 2.05. The van der Waals surface area contributed by atoms with Crippen molar-refractivity contribution in [2.75, 3.05) is 26.1 Å². The topological polar surface area (TPSA) is 52.6 Å². The van der Waals surface area contributed by atoms with Gasteiger partial charge in [-0.1, -0.05) is 6.07 Å². The molecule has 0 saturated heterocycles. The van der Waals surface area contributed by atoms with Crippen LogP contribution < -0.4 is 19.5 Å². The maximum atomic E-state index is 5.49. The van der Waals surface area contributed by atoms with E-state index in [4.69, 9.17) is 14.2 Å². The predicted molar refractivity (Wildman–Crippen MR) is 82.3 cm³/mol. The van der Waals surface area contributed by atoms with E-state index in [1.165, 1.54) is 0 Å². The molecule has 0 aliphatic heterocycles. The van der Waals surface area contributed by atoms with Crippen LogP contribution in [-0.2, 0) is 6.54 Å². The molecule has 1 N–H and O–H groups in total. The Morgan fingerprint density at radius 2 is 1.90 bits per heavy atom. The van der Waals surface area contributed by atoms with E-state index in [0.717, 1.165) is 17.0 Å². The lowest BCUT2D eigenvalue weighted by molar-refractivity contribution is 0.328. The molecular weight excluding hydrogens is 268 g/mol. The highest BCUT2D eigenvalue weighted by atomic mass is 16.5.